The molecule has 1 aliphatic heterocycles. The van der Waals surface area contributed by atoms with Crippen molar-refractivity contribution in [1.29, 1.82) is 0 Å². The third-order valence-corrected chi connectivity index (χ3v) is 8.39. The van der Waals surface area contributed by atoms with Gasteiger partial charge in [0.2, 0.25) is 0 Å². The molecule has 3 rings (SSSR count). The number of benzene rings is 2. The van der Waals surface area contributed by atoms with Crippen LogP contribution in [0.5, 0.6) is 5.75 Å². The number of fused-ring (bicyclic) bond motifs is 1. The number of sulfone groups is 1. The number of hydrogen-bond acceptors (Lipinski definition) is 6. The van der Waals surface area contributed by atoms with Crippen LogP contribution in [-0.4, -0.2) is 45.4 Å². The lowest BCUT2D eigenvalue weighted by Crippen LogP contribution is -2.37. The molecule has 0 amide bonds. The molecule has 0 saturated heterocycles. The van der Waals surface area contributed by atoms with Gasteiger partial charge in [-0.15, -0.1) is 0 Å². The molecule has 2 aromatic rings. The molecule has 1 aliphatic rings. The predicted octanol–water partition coefficient (Wildman–Crippen LogP) is 5.09. The third-order valence-electron chi connectivity index (χ3n) is 6.40. The van der Waals surface area contributed by atoms with E-state index in [0.29, 0.717) is 23.7 Å². The number of carbonyl (C=O) groups is 1. The Morgan fingerprint density at radius 2 is 1.94 bits per heavy atom. The molecule has 2 aromatic carbocycles. The number of para-hydroxylation sites is 1. The number of nitrogens with one attached hydrogen (secondary N) is 1. The van der Waals surface area contributed by atoms with Crippen LogP contribution in [0.15, 0.2) is 47.4 Å². The molecule has 1 heterocycles. The normalized spacial score (nSPS) is 19.4. The van der Waals surface area contributed by atoms with E-state index in [9.17, 15) is 13.2 Å². The minimum atomic E-state index is -3.62. The zero-order valence-electron chi connectivity index (χ0n) is 19.6. The quantitative estimate of drug-likeness (QED) is 0.495. The van der Waals surface area contributed by atoms with Crippen molar-refractivity contribution in [2.24, 2.45) is 5.41 Å². The molecular weight excluding hydrogens is 440 g/mol. The fourth-order valence-electron chi connectivity index (χ4n) is 4.45. The fourth-order valence-corrected chi connectivity index (χ4v) is 6.63. The van der Waals surface area contributed by atoms with E-state index in [1.54, 1.807) is 13.1 Å². The number of unbranched alkanes of at least 4 members (excludes halogenated alkanes) is 1. The summed E-state index contributed by atoms with van der Waals surface area (Å²) in [4.78, 5) is 13.3. The van der Waals surface area contributed by atoms with Crippen molar-refractivity contribution in [3.05, 3.63) is 42.5 Å². The van der Waals surface area contributed by atoms with Gasteiger partial charge in [-0.1, -0.05) is 44.9 Å². The van der Waals surface area contributed by atoms with Crippen molar-refractivity contribution in [3.63, 3.8) is 0 Å². The van der Waals surface area contributed by atoms with Gasteiger partial charge in [0.25, 0.3) is 0 Å². The molecule has 33 heavy (non-hydrogen) atoms. The van der Waals surface area contributed by atoms with Gasteiger partial charge < -0.3 is 20.1 Å². The van der Waals surface area contributed by atoms with Crippen LogP contribution in [0.25, 0.3) is 0 Å². The van der Waals surface area contributed by atoms with Crippen LogP contribution in [0.3, 0.4) is 0 Å². The number of ether oxygens (including phenoxy) is 1. The Morgan fingerprint density at radius 1 is 1.21 bits per heavy atom. The minimum absolute atomic E-state index is 0.0410. The molecule has 0 spiro atoms. The van der Waals surface area contributed by atoms with E-state index in [1.807, 2.05) is 36.4 Å². The number of aliphatic carboxylic acids is 1. The van der Waals surface area contributed by atoms with Crippen molar-refractivity contribution < 1.29 is 23.1 Å². The second-order valence-electron chi connectivity index (χ2n) is 8.70. The van der Waals surface area contributed by atoms with Gasteiger partial charge in [-0.25, -0.2) is 8.42 Å². The first-order valence-electron chi connectivity index (χ1n) is 11.5. The molecule has 1 atom stereocenters. The second kappa shape index (κ2) is 10.5. The summed E-state index contributed by atoms with van der Waals surface area (Å²) in [6.07, 6.45) is 3.39. The first-order chi connectivity index (χ1) is 15.7. The van der Waals surface area contributed by atoms with Crippen LogP contribution in [-0.2, 0) is 14.6 Å². The Labute approximate surface area is 196 Å². The van der Waals surface area contributed by atoms with Crippen molar-refractivity contribution >= 4 is 32.9 Å². The van der Waals surface area contributed by atoms with Crippen LogP contribution < -0.4 is 15.0 Å². The molecular formula is C25H34N2O5S. The molecule has 0 bridgehead atoms. The number of hydrogen-bond donors (Lipinski definition) is 2. The van der Waals surface area contributed by atoms with E-state index in [1.165, 1.54) is 0 Å². The molecule has 8 heteroatoms. The summed E-state index contributed by atoms with van der Waals surface area (Å²) in [6.45, 7) is 4.75. The van der Waals surface area contributed by atoms with Crippen molar-refractivity contribution in [3.8, 4) is 5.75 Å². The van der Waals surface area contributed by atoms with E-state index >= 15 is 0 Å². The van der Waals surface area contributed by atoms with Crippen LogP contribution in [0.1, 0.15) is 46.0 Å². The van der Waals surface area contributed by atoms with Crippen LogP contribution in [0, 0.1) is 5.41 Å². The summed E-state index contributed by atoms with van der Waals surface area (Å²) < 4.78 is 33.2. The Bertz CT molecular complexity index is 1070. The summed E-state index contributed by atoms with van der Waals surface area (Å²) in [5.41, 5.74) is 1.79. The highest BCUT2D eigenvalue weighted by Crippen LogP contribution is 2.46. The van der Waals surface area contributed by atoms with Gasteiger partial charge >= 0.3 is 5.97 Å². The Morgan fingerprint density at radius 3 is 2.55 bits per heavy atom. The average molecular weight is 475 g/mol. The summed E-state index contributed by atoms with van der Waals surface area (Å²) in [5.74, 6) is -0.561. The largest absolute Gasteiger partial charge is 0.491 e. The molecule has 0 fully saturated rings. The summed E-state index contributed by atoms with van der Waals surface area (Å²) >= 11 is 0. The maximum absolute atomic E-state index is 13.7. The average Bonchev–Trinajstić information content (AvgIpc) is 2.90. The molecule has 0 aliphatic carbocycles. The van der Waals surface area contributed by atoms with Gasteiger partial charge in [-0.3, -0.25) is 4.79 Å². The predicted molar refractivity (Wildman–Crippen MR) is 131 cm³/mol. The lowest BCUT2D eigenvalue weighted by molar-refractivity contribution is -0.137. The van der Waals surface area contributed by atoms with E-state index in [-0.39, 0.29) is 29.1 Å². The molecule has 0 radical (unpaired) electrons. The highest BCUT2D eigenvalue weighted by Gasteiger charge is 2.41. The van der Waals surface area contributed by atoms with Crippen LogP contribution in [0.4, 0.5) is 17.1 Å². The third kappa shape index (κ3) is 5.61. The molecule has 2 N–H and O–H groups in total. The molecule has 7 nitrogen and oxygen atoms in total. The number of nitrogens with zero attached hydrogens (tertiary/aromatic N) is 1. The topological polar surface area (TPSA) is 95.9 Å². The SMILES string of the molecule is CCCC[C@@]1(CC)CN(c2ccccc2)c2cc(NC)c(OCCC(=O)O)cc2S(=O)(=O)C1. The number of carboxylic acids is 1. The Hall–Kier alpha value is -2.74. The van der Waals surface area contributed by atoms with Gasteiger partial charge in [-0.05, 0) is 31.0 Å². The lowest BCUT2D eigenvalue weighted by atomic mass is 9.81. The molecule has 180 valence electrons. The number of carboxylic acid groups (broad SMARTS) is 1. The van der Waals surface area contributed by atoms with Gasteiger partial charge in [0.15, 0.2) is 9.84 Å². The first kappa shape index (κ1) is 24.9. The minimum Gasteiger partial charge on any atom is -0.491 e. The van der Waals surface area contributed by atoms with Gasteiger partial charge in [0.05, 0.1) is 35.1 Å². The van der Waals surface area contributed by atoms with Gasteiger partial charge in [-0.2, -0.15) is 0 Å². The maximum atomic E-state index is 13.7. The summed E-state index contributed by atoms with van der Waals surface area (Å²) in [5, 5.41) is 12.0. The van der Waals surface area contributed by atoms with Gasteiger partial charge in [0, 0.05) is 30.8 Å². The highest BCUT2D eigenvalue weighted by atomic mass is 32.2. The van der Waals surface area contributed by atoms with E-state index in [2.05, 4.69) is 24.1 Å². The molecule has 0 saturated carbocycles. The zero-order valence-corrected chi connectivity index (χ0v) is 20.5. The smallest absolute Gasteiger partial charge is 0.306 e. The second-order valence-corrected chi connectivity index (χ2v) is 10.7. The van der Waals surface area contributed by atoms with Crippen molar-refractivity contribution in [2.45, 2.75) is 50.8 Å². The van der Waals surface area contributed by atoms with Gasteiger partial charge in [0.1, 0.15) is 5.75 Å². The van der Waals surface area contributed by atoms with Crippen molar-refractivity contribution in [2.75, 3.05) is 36.2 Å². The van der Waals surface area contributed by atoms with Crippen molar-refractivity contribution in [1.82, 2.24) is 0 Å². The molecule has 0 aromatic heterocycles. The van der Waals surface area contributed by atoms with E-state index in [4.69, 9.17) is 9.84 Å². The first-order valence-corrected chi connectivity index (χ1v) is 13.2. The standard InChI is InChI=1S/C25H34N2O5S/c1-4-6-13-25(5-2)17-27(19-10-8-7-9-11-19)21-15-20(26-3)22(32-14-12-24(28)29)16-23(21)33(30,31)18-25/h7-11,15-16,26H,4-6,12-14,17-18H2,1-3H3,(H,28,29)/t25-/m0/s1. The zero-order chi connectivity index (χ0) is 24.1. The Kier molecular flexibility index (Phi) is 7.89. The maximum Gasteiger partial charge on any atom is 0.306 e. The van der Waals surface area contributed by atoms with Crippen LogP contribution >= 0.6 is 0 Å². The summed E-state index contributed by atoms with van der Waals surface area (Å²) in [7, 11) is -1.89. The number of anilines is 3. The van der Waals surface area contributed by atoms with E-state index < -0.39 is 15.8 Å². The highest BCUT2D eigenvalue weighted by molar-refractivity contribution is 7.91. The molecule has 0 unspecified atom stereocenters. The number of rotatable bonds is 10. The fraction of sp³-hybridized carbons (Fsp3) is 0.480. The monoisotopic (exact) mass is 474 g/mol. The van der Waals surface area contributed by atoms with Crippen LogP contribution in [0.2, 0.25) is 0 Å². The Balaban J connectivity index is 2.18. The summed E-state index contributed by atoms with van der Waals surface area (Å²) in [6, 6.07) is 13.2. The van der Waals surface area contributed by atoms with E-state index in [0.717, 1.165) is 31.4 Å². The lowest BCUT2D eigenvalue weighted by Gasteiger charge is -2.36.